The van der Waals surface area contributed by atoms with E-state index in [0.29, 0.717) is 11.8 Å². The van der Waals surface area contributed by atoms with E-state index in [1.54, 1.807) is 0 Å². The van der Waals surface area contributed by atoms with Crippen LogP contribution in [0.25, 0.3) is 0 Å². The summed E-state index contributed by atoms with van der Waals surface area (Å²) in [6.07, 6.45) is 4.14. The number of methoxy groups -OCH3 is 2. The highest BCUT2D eigenvalue weighted by molar-refractivity contribution is 5.83. The van der Waals surface area contributed by atoms with E-state index >= 15 is 0 Å². The van der Waals surface area contributed by atoms with E-state index in [1.807, 2.05) is 0 Å². The Morgan fingerprint density at radius 2 is 1.24 bits per heavy atom. The highest BCUT2D eigenvalue weighted by Crippen LogP contribution is 2.73. The van der Waals surface area contributed by atoms with E-state index in [-0.39, 0.29) is 22.8 Å². The molecule has 4 aliphatic rings. The molecule has 4 aliphatic carbocycles. The Labute approximate surface area is 101 Å². The van der Waals surface area contributed by atoms with Gasteiger partial charge in [0, 0.05) is 0 Å². The number of esters is 2. The van der Waals surface area contributed by atoms with Crippen LogP contribution in [0.5, 0.6) is 0 Å². The Morgan fingerprint density at radius 3 is 1.53 bits per heavy atom. The van der Waals surface area contributed by atoms with E-state index in [0.717, 1.165) is 32.1 Å². The van der Waals surface area contributed by atoms with Crippen molar-refractivity contribution < 1.29 is 19.1 Å². The summed E-state index contributed by atoms with van der Waals surface area (Å²) in [6, 6.07) is 0. The summed E-state index contributed by atoms with van der Waals surface area (Å²) < 4.78 is 9.94. The number of fused-ring (bicyclic) bond motifs is 2. The highest BCUT2D eigenvalue weighted by atomic mass is 16.5. The molecule has 0 N–H and O–H groups in total. The van der Waals surface area contributed by atoms with Crippen LogP contribution < -0.4 is 0 Å². The first-order valence-electron chi connectivity index (χ1n) is 6.27. The topological polar surface area (TPSA) is 52.6 Å². The van der Waals surface area contributed by atoms with Crippen LogP contribution >= 0.6 is 0 Å². The molecule has 4 rings (SSSR count). The molecule has 0 unspecified atom stereocenters. The van der Waals surface area contributed by atoms with Crippen molar-refractivity contribution in [3.05, 3.63) is 0 Å². The zero-order chi connectivity index (χ0) is 12.3. The zero-order valence-electron chi connectivity index (χ0n) is 10.3. The smallest absolute Gasteiger partial charge is 0.312 e. The van der Waals surface area contributed by atoms with Crippen LogP contribution in [-0.4, -0.2) is 26.2 Å². The lowest BCUT2D eigenvalue weighted by atomic mass is 9.53. The molecule has 4 heteroatoms. The summed E-state index contributed by atoms with van der Waals surface area (Å²) in [6.45, 7) is 0. The predicted octanol–water partition coefficient (Wildman–Crippen LogP) is 1.53. The minimum Gasteiger partial charge on any atom is -0.469 e. The van der Waals surface area contributed by atoms with Gasteiger partial charge in [0.05, 0.1) is 25.0 Å². The van der Waals surface area contributed by atoms with E-state index in [2.05, 4.69) is 0 Å². The number of hydrogen-bond acceptors (Lipinski definition) is 4. The molecule has 94 valence electrons. The van der Waals surface area contributed by atoms with Gasteiger partial charge >= 0.3 is 11.9 Å². The van der Waals surface area contributed by atoms with Crippen molar-refractivity contribution >= 4 is 11.9 Å². The van der Waals surface area contributed by atoms with Gasteiger partial charge in [-0.05, 0) is 43.9 Å². The monoisotopic (exact) mass is 238 g/mol. The van der Waals surface area contributed by atoms with Crippen LogP contribution in [0.3, 0.4) is 0 Å². The molecule has 0 radical (unpaired) electrons. The summed E-state index contributed by atoms with van der Waals surface area (Å²) in [7, 11) is 2.93. The molecule has 0 aromatic heterocycles. The van der Waals surface area contributed by atoms with Crippen LogP contribution in [0, 0.1) is 22.7 Å². The van der Waals surface area contributed by atoms with Crippen LogP contribution in [0.1, 0.15) is 32.1 Å². The van der Waals surface area contributed by atoms with Gasteiger partial charge in [0.25, 0.3) is 0 Å². The maximum atomic E-state index is 12.0. The zero-order valence-corrected chi connectivity index (χ0v) is 10.3. The second-order valence-electron chi connectivity index (χ2n) is 5.74. The Hall–Kier alpha value is -1.06. The maximum Gasteiger partial charge on any atom is 0.312 e. The number of rotatable bonds is 2. The van der Waals surface area contributed by atoms with Gasteiger partial charge in [-0.15, -0.1) is 0 Å². The third kappa shape index (κ3) is 1.14. The van der Waals surface area contributed by atoms with E-state index in [1.165, 1.54) is 14.2 Å². The number of ether oxygens (including phenoxy) is 2. The third-order valence-corrected chi connectivity index (χ3v) is 5.43. The van der Waals surface area contributed by atoms with E-state index in [9.17, 15) is 9.59 Å². The molecule has 0 amide bonds. The van der Waals surface area contributed by atoms with Crippen molar-refractivity contribution in [2.24, 2.45) is 22.7 Å². The molecule has 4 nitrogen and oxygen atoms in total. The van der Waals surface area contributed by atoms with Crippen molar-refractivity contribution in [1.29, 1.82) is 0 Å². The second kappa shape index (κ2) is 3.24. The number of carbonyl (C=O) groups excluding carboxylic acids is 2. The summed E-state index contributed by atoms with van der Waals surface area (Å²) >= 11 is 0. The molecule has 0 aromatic rings. The Bertz CT molecular complexity index is 343. The highest BCUT2D eigenvalue weighted by Gasteiger charge is 2.73. The number of carbonyl (C=O) groups is 2. The van der Waals surface area contributed by atoms with E-state index in [4.69, 9.17) is 9.47 Å². The fraction of sp³-hybridized carbons (Fsp3) is 0.846. The molecule has 17 heavy (non-hydrogen) atoms. The molecule has 4 fully saturated rings. The minimum atomic E-state index is -0.283. The Kier molecular flexibility index (Phi) is 2.11. The van der Waals surface area contributed by atoms with Crippen molar-refractivity contribution in [3.8, 4) is 0 Å². The first kappa shape index (κ1) is 11.1. The molecule has 4 saturated carbocycles. The predicted molar refractivity (Wildman–Crippen MR) is 59.0 cm³/mol. The summed E-state index contributed by atoms with van der Waals surface area (Å²) in [5.74, 6) is 0.583. The summed E-state index contributed by atoms with van der Waals surface area (Å²) in [4.78, 5) is 24.0. The van der Waals surface area contributed by atoms with Crippen molar-refractivity contribution in [1.82, 2.24) is 0 Å². The van der Waals surface area contributed by atoms with Crippen molar-refractivity contribution in [3.63, 3.8) is 0 Å². The summed E-state index contributed by atoms with van der Waals surface area (Å²) in [5.41, 5.74) is -0.565. The molecule has 0 spiro atoms. The lowest BCUT2D eigenvalue weighted by molar-refractivity contribution is -0.176. The standard InChI is InChI=1S/C13H18O4/c1-16-10(14)12-3-5-13(6-4-12,11(15)17-2)9-7-8(9)12/h8-9H,3-7H2,1-2H3/t8-,9-,12?,13?/m1/s1. The van der Waals surface area contributed by atoms with Gasteiger partial charge in [-0.25, -0.2) is 0 Å². The maximum absolute atomic E-state index is 12.0. The molecule has 0 aromatic carbocycles. The van der Waals surface area contributed by atoms with E-state index < -0.39 is 0 Å². The summed E-state index contributed by atoms with van der Waals surface area (Å²) in [5, 5.41) is 0. The van der Waals surface area contributed by atoms with Crippen LogP contribution in [0.2, 0.25) is 0 Å². The SMILES string of the molecule is COC(=O)C12CCC(C(=O)OC)(CC1)[C@@H]1C[C@H]12. The molecule has 0 heterocycles. The van der Waals surface area contributed by atoms with Crippen molar-refractivity contribution in [2.45, 2.75) is 32.1 Å². The average Bonchev–Trinajstić information content (AvgIpc) is 3.20. The number of hydrogen-bond donors (Lipinski definition) is 0. The normalized spacial score (nSPS) is 46.0. The van der Waals surface area contributed by atoms with Crippen LogP contribution in [0.4, 0.5) is 0 Å². The minimum absolute atomic E-state index is 0.0665. The van der Waals surface area contributed by atoms with Gasteiger partial charge in [0.1, 0.15) is 0 Å². The largest absolute Gasteiger partial charge is 0.469 e. The van der Waals surface area contributed by atoms with Gasteiger partial charge in [0.15, 0.2) is 0 Å². The third-order valence-electron chi connectivity index (χ3n) is 5.43. The van der Waals surface area contributed by atoms with Crippen molar-refractivity contribution in [2.75, 3.05) is 14.2 Å². The Morgan fingerprint density at radius 1 is 0.882 bits per heavy atom. The lowest BCUT2D eigenvalue weighted by Crippen LogP contribution is -2.52. The molecule has 0 saturated heterocycles. The van der Waals surface area contributed by atoms with Gasteiger partial charge < -0.3 is 9.47 Å². The lowest BCUT2D eigenvalue weighted by Gasteiger charge is -2.49. The molecule has 0 aliphatic heterocycles. The molecule has 2 bridgehead atoms. The molecular formula is C13H18O4. The second-order valence-corrected chi connectivity index (χ2v) is 5.74. The fourth-order valence-corrected chi connectivity index (χ4v) is 4.42. The van der Waals surface area contributed by atoms with Gasteiger partial charge in [-0.3, -0.25) is 9.59 Å². The Balaban J connectivity index is 1.91. The molecule has 2 atom stereocenters. The van der Waals surface area contributed by atoms with Crippen LogP contribution in [0.15, 0.2) is 0 Å². The van der Waals surface area contributed by atoms with Gasteiger partial charge in [-0.1, -0.05) is 0 Å². The van der Waals surface area contributed by atoms with Crippen LogP contribution in [-0.2, 0) is 19.1 Å². The first-order chi connectivity index (χ1) is 8.10. The quantitative estimate of drug-likeness (QED) is 0.685. The van der Waals surface area contributed by atoms with Gasteiger partial charge in [0.2, 0.25) is 0 Å². The van der Waals surface area contributed by atoms with Gasteiger partial charge in [-0.2, -0.15) is 0 Å². The average molecular weight is 238 g/mol. The molecular weight excluding hydrogens is 220 g/mol. The first-order valence-corrected chi connectivity index (χ1v) is 6.27. The fourth-order valence-electron chi connectivity index (χ4n) is 4.42.